The topological polar surface area (TPSA) is 65.4 Å². The zero-order valence-corrected chi connectivity index (χ0v) is 18.4. The number of nitrogens with one attached hydrogen (secondary N) is 2. The lowest BCUT2D eigenvalue weighted by Gasteiger charge is -2.19. The Morgan fingerprint density at radius 2 is 2.13 bits per heavy atom. The number of hydrogen-bond acceptors (Lipinski definition) is 5. The van der Waals surface area contributed by atoms with Gasteiger partial charge in [-0.2, -0.15) is 0 Å². The van der Waals surface area contributed by atoms with Crippen molar-refractivity contribution in [3.63, 3.8) is 0 Å². The highest BCUT2D eigenvalue weighted by Crippen LogP contribution is 2.23. The van der Waals surface area contributed by atoms with E-state index >= 15 is 0 Å². The lowest BCUT2D eigenvalue weighted by molar-refractivity contribution is 0.612. The summed E-state index contributed by atoms with van der Waals surface area (Å²) in [6, 6.07) is 13.5. The summed E-state index contributed by atoms with van der Waals surface area (Å²) in [4.78, 5) is 15.6. The van der Waals surface area contributed by atoms with Crippen molar-refractivity contribution in [2.45, 2.75) is 25.8 Å². The van der Waals surface area contributed by atoms with Crippen molar-refractivity contribution in [3.8, 4) is 10.6 Å². The Labute approximate surface area is 186 Å². The average Bonchev–Trinajstić information content (AvgIpc) is 3.45. The van der Waals surface area contributed by atoms with Gasteiger partial charge >= 0.3 is 0 Å². The monoisotopic (exact) mass is 438 g/mol. The van der Waals surface area contributed by atoms with Crippen LogP contribution in [0.3, 0.4) is 0 Å². The highest BCUT2D eigenvalue weighted by Gasteiger charge is 2.25. The fourth-order valence-electron chi connectivity index (χ4n) is 3.61. The number of aromatic nitrogens is 2. The third-order valence-electron chi connectivity index (χ3n) is 5.12. The first-order chi connectivity index (χ1) is 15.2. The Morgan fingerprint density at radius 3 is 2.94 bits per heavy atom. The highest BCUT2D eigenvalue weighted by atomic mass is 32.1. The minimum Gasteiger partial charge on any atom is -0.357 e. The van der Waals surface area contributed by atoms with Gasteiger partial charge in [-0.25, -0.2) is 14.4 Å². The molecule has 1 aromatic carbocycles. The number of thiazole rings is 1. The summed E-state index contributed by atoms with van der Waals surface area (Å²) in [6.07, 6.45) is 3.33. The average molecular weight is 439 g/mol. The van der Waals surface area contributed by atoms with Crippen LogP contribution >= 0.6 is 11.3 Å². The van der Waals surface area contributed by atoms with Crippen LogP contribution in [0.15, 0.2) is 59.0 Å². The quantitative estimate of drug-likeness (QED) is 0.435. The summed E-state index contributed by atoms with van der Waals surface area (Å²) in [5.74, 6) is 0.933. The van der Waals surface area contributed by atoms with Crippen LogP contribution in [0.5, 0.6) is 0 Å². The second-order valence-electron chi connectivity index (χ2n) is 7.41. The normalized spacial score (nSPS) is 16.5. The molecule has 1 unspecified atom stereocenters. The molecule has 1 fully saturated rings. The van der Waals surface area contributed by atoms with Crippen LogP contribution in [-0.2, 0) is 6.42 Å². The molecule has 1 saturated heterocycles. The molecule has 31 heavy (non-hydrogen) atoms. The van der Waals surface area contributed by atoms with Crippen molar-refractivity contribution in [2.75, 3.05) is 31.1 Å². The first kappa shape index (κ1) is 21.2. The molecule has 1 aliphatic heterocycles. The van der Waals surface area contributed by atoms with Gasteiger partial charge in [0, 0.05) is 55.8 Å². The number of anilines is 1. The highest BCUT2D eigenvalue weighted by molar-refractivity contribution is 7.13. The van der Waals surface area contributed by atoms with Crippen LogP contribution in [0.4, 0.5) is 10.2 Å². The molecular formula is C23H27FN6S. The van der Waals surface area contributed by atoms with Crippen molar-refractivity contribution < 1.29 is 4.39 Å². The maximum Gasteiger partial charge on any atom is 0.191 e. The number of pyridine rings is 1. The molecule has 8 heteroatoms. The summed E-state index contributed by atoms with van der Waals surface area (Å²) in [5, 5.41) is 9.93. The van der Waals surface area contributed by atoms with Crippen molar-refractivity contribution in [3.05, 3.63) is 65.6 Å². The second kappa shape index (κ2) is 10.3. The van der Waals surface area contributed by atoms with Gasteiger partial charge in [0.15, 0.2) is 17.6 Å². The summed E-state index contributed by atoms with van der Waals surface area (Å²) in [7, 11) is 0. The largest absolute Gasteiger partial charge is 0.357 e. The van der Waals surface area contributed by atoms with E-state index in [9.17, 15) is 4.39 Å². The Balaban J connectivity index is 1.32. The molecule has 2 N–H and O–H groups in total. The lowest BCUT2D eigenvalue weighted by atomic mass is 10.2. The molecule has 0 spiro atoms. The van der Waals surface area contributed by atoms with Gasteiger partial charge in [-0.3, -0.25) is 4.99 Å². The molecule has 1 aliphatic rings. The molecule has 0 amide bonds. The molecule has 1 atom stereocenters. The maximum absolute atomic E-state index is 14.0. The molecular weight excluding hydrogens is 411 g/mol. The van der Waals surface area contributed by atoms with Crippen LogP contribution in [0.2, 0.25) is 0 Å². The minimum atomic E-state index is -0.276. The van der Waals surface area contributed by atoms with Crippen LogP contribution < -0.4 is 15.5 Å². The number of hydrogen-bond donors (Lipinski definition) is 2. The molecule has 0 aliphatic carbocycles. The Bertz CT molecular complexity index is 1010. The number of rotatable bonds is 7. The van der Waals surface area contributed by atoms with E-state index in [1.54, 1.807) is 23.6 Å². The zero-order chi connectivity index (χ0) is 21.5. The third kappa shape index (κ3) is 5.58. The van der Waals surface area contributed by atoms with Crippen LogP contribution in [0, 0.1) is 5.82 Å². The molecule has 4 rings (SSSR count). The van der Waals surface area contributed by atoms with E-state index in [-0.39, 0.29) is 11.9 Å². The van der Waals surface area contributed by atoms with Crippen molar-refractivity contribution in [1.29, 1.82) is 0 Å². The second-order valence-corrected chi connectivity index (χ2v) is 8.26. The van der Waals surface area contributed by atoms with Crippen molar-refractivity contribution >= 4 is 23.1 Å². The predicted molar refractivity (Wildman–Crippen MR) is 125 cm³/mol. The fourth-order valence-corrected chi connectivity index (χ4v) is 4.47. The van der Waals surface area contributed by atoms with E-state index in [0.717, 1.165) is 48.2 Å². The standard InChI is InChI=1S/C23H27FN6S/c1-2-25-23(29-18-11-14-30(15-18)21-20(24)9-6-12-26-21)27-13-10-19-16-31-22(28-19)17-7-4-3-5-8-17/h3-9,12,16,18H,2,10-11,13-15H2,1H3,(H2,25,27,29). The first-order valence-corrected chi connectivity index (χ1v) is 11.5. The number of nitrogens with zero attached hydrogens (tertiary/aromatic N) is 4. The SMILES string of the molecule is CCNC(=NCCc1csc(-c2ccccc2)n1)NC1CCN(c2ncccc2F)C1. The van der Waals surface area contributed by atoms with Gasteiger partial charge < -0.3 is 15.5 Å². The van der Waals surface area contributed by atoms with Crippen LogP contribution in [0.25, 0.3) is 10.6 Å². The lowest BCUT2D eigenvalue weighted by Crippen LogP contribution is -2.44. The number of aliphatic imine (C=N–C) groups is 1. The zero-order valence-electron chi connectivity index (χ0n) is 17.6. The number of benzene rings is 1. The van der Waals surface area contributed by atoms with E-state index in [4.69, 9.17) is 9.98 Å². The van der Waals surface area contributed by atoms with E-state index in [1.165, 1.54) is 6.07 Å². The Hall–Kier alpha value is -3.00. The molecule has 0 saturated carbocycles. The van der Waals surface area contributed by atoms with E-state index < -0.39 is 0 Å². The molecule has 6 nitrogen and oxygen atoms in total. The van der Waals surface area contributed by atoms with E-state index in [1.807, 2.05) is 30.0 Å². The van der Waals surface area contributed by atoms with Gasteiger partial charge in [-0.1, -0.05) is 30.3 Å². The number of halogens is 1. The van der Waals surface area contributed by atoms with Crippen molar-refractivity contribution in [2.24, 2.45) is 4.99 Å². The Kier molecular flexibility index (Phi) is 7.09. The summed E-state index contributed by atoms with van der Waals surface area (Å²) in [6.45, 7) is 4.95. The molecule has 3 aromatic rings. The van der Waals surface area contributed by atoms with Crippen LogP contribution in [-0.4, -0.2) is 48.1 Å². The summed E-state index contributed by atoms with van der Waals surface area (Å²) < 4.78 is 14.0. The van der Waals surface area contributed by atoms with Gasteiger partial charge in [0.2, 0.25) is 0 Å². The molecule has 0 radical (unpaired) electrons. The van der Waals surface area contributed by atoms with Gasteiger partial charge in [-0.15, -0.1) is 11.3 Å². The van der Waals surface area contributed by atoms with Gasteiger partial charge in [-0.05, 0) is 25.5 Å². The van der Waals surface area contributed by atoms with Gasteiger partial charge in [0.05, 0.1) is 5.69 Å². The molecule has 0 bridgehead atoms. The summed E-state index contributed by atoms with van der Waals surface area (Å²) in [5.41, 5.74) is 2.20. The van der Waals surface area contributed by atoms with Crippen molar-refractivity contribution in [1.82, 2.24) is 20.6 Å². The van der Waals surface area contributed by atoms with Gasteiger partial charge in [0.1, 0.15) is 5.01 Å². The fraction of sp³-hybridized carbons (Fsp3) is 0.348. The first-order valence-electron chi connectivity index (χ1n) is 10.6. The third-order valence-corrected chi connectivity index (χ3v) is 6.06. The predicted octanol–water partition coefficient (Wildman–Crippen LogP) is 3.72. The van der Waals surface area contributed by atoms with E-state index in [2.05, 4.69) is 33.1 Å². The van der Waals surface area contributed by atoms with Crippen LogP contribution in [0.1, 0.15) is 19.0 Å². The number of guanidine groups is 1. The molecule has 162 valence electrons. The maximum atomic E-state index is 14.0. The van der Waals surface area contributed by atoms with E-state index in [0.29, 0.717) is 18.9 Å². The smallest absolute Gasteiger partial charge is 0.191 e. The Morgan fingerprint density at radius 1 is 1.26 bits per heavy atom. The minimum absolute atomic E-state index is 0.197. The molecule has 3 heterocycles. The molecule has 2 aromatic heterocycles. The summed E-state index contributed by atoms with van der Waals surface area (Å²) >= 11 is 1.66. The van der Waals surface area contributed by atoms with Gasteiger partial charge in [0.25, 0.3) is 0 Å².